The number of nitrogens with one attached hydrogen (secondary N) is 1. The Labute approximate surface area is 164 Å². The number of rotatable bonds is 7. The first kappa shape index (κ1) is 20.4. The van der Waals surface area contributed by atoms with E-state index in [9.17, 15) is 14.7 Å². The third-order valence-electron chi connectivity index (χ3n) is 5.28. The van der Waals surface area contributed by atoms with Crippen LogP contribution in [-0.4, -0.2) is 77.3 Å². The summed E-state index contributed by atoms with van der Waals surface area (Å²) in [6, 6.07) is 7.25. The Balaban J connectivity index is 1.53. The van der Waals surface area contributed by atoms with Crippen molar-refractivity contribution in [3.8, 4) is 0 Å². The van der Waals surface area contributed by atoms with E-state index < -0.39 is 6.10 Å². The van der Waals surface area contributed by atoms with Gasteiger partial charge in [0.2, 0.25) is 5.91 Å². The Bertz CT molecular complexity index is 861. The number of aliphatic hydroxyl groups excluding tert-OH is 1. The maximum Gasteiger partial charge on any atom is 0.258 e. The molecule has 28 heavy (non-hydrogen) atoms. The molecule has 0 aliphatic carbocycles. The number of likely N-dealkylation sites (tertiary alicyclic amines) is 1. The van der Waals surface area contributed by atoms with Gasteiger partial charge in [-0.3, -0.25) is 14.5 Å². The molecular weight excluding hydrogens is 360 g/mol. The molecule has 1 fully saturated rings. The molecule has 8 heteroatoms. The molecule has 1 atom stereocenters. The van der Waals surface area contributed by atoms with Crippen molar-refractivity contribution >= 4 is 16.8 Å². The van der Waals surface area contributed by atoms with Crippen molar-refractivity contribution in [1.82, 2.24) is 19.8 Å². The molecule has 1 saturated heterocycles. The number of hydrogen-bond acceptors (Lipinski definition) is 6. The molecule has 1 aliphatic heterocycles. The summed E-state index contributed by atoms with van der Waals surface area (Å²) in [5, 5.41) is 11.2. The third-order valence-corrected chi connectivity index (χ3v) is 5.28. The molecule has 2 heterocycles. The highest BCUT2D eigenvalue weighted by Gasteiger charge is 2.28. The van der Waals surface area contributed by atoms with Crippen LogP contribution in [0, 0.1) is 5.92 Å². The Hall–Kier alpha value is -2.29. The second-order valence-electron chi connectivity index (χ2n) is 7.45. The number of benzene rings is 1. The first-order valence-corrected chi connectivity index (χ1v) is 9.59. The summed E-state index contributed by atoms with van der Waals surface area (Å²) in [7, 11) is 3.41. The molecule has 3 rings (SSSR count). The minimum absolute atomic E-state index is 0.00103. The second-order valence-corrected chi connectivity index (χ2v) is 7.45. The van der Waals surface area contributed by atoms with Gasteiger partial charge in [-0.15, -0.1) is 0 Å². The topological polar surface area (TPSA) is 98.8 Å². The van der Waals surface area contributed by atoms with Crippen LogP contribution in [0.3, 0.4) is 0 Å². The minimum atomic E-state index is -0.489. The summed E-state index contributed by atoms with van der Waals surface area (Å²) >= 11 is 0. The molecule has 0 spiro atoms. The number of amides is 1. The van der Waals surface area contributed by atoms with Crippen molar-refractivity contribution in [2.24, 2.45) is 5.92 Å². The van der Waals surface area contributed by atoms with Gasteiger partial charge in [-0.05, 0) is 37.9 Å². The van der Waals surface area contributed by atoms with Crippen LogP contribution in [-0.2, 0) is 16.1 Å². The highest BCUT2D eigenvalue weighted by molar-refractivity contribution is 5.77. The van der Waals surface area contributed by atoms with E-state index in [2.05, 4.69) is 9.97 Å². The summed E-state index contributed by atoms with van der Waals surface area (Å²) in [5.41, 5.74) is 0.519. The SMILES string of the molecule is COCC(=O)N1CCC(C(O)CN(C)Cc2nc3ccccc3c(=O)[nH]2)CC1. The average Bonchev–Trinajstić information content (AvgIpc) is 2.68. The highest BCUT2D eigenvalue weighted by Crippen LogP contribution is 2.21. The van der Waals surface area contributed by atoms with Crippen molar-refractivity contribution in [3.63, 3.8) is 0 Å². The number of ether oxygens (including phenoxy) is 1. The predicted octanol–water partition coefficient (Wildman–Crippen LogP) is 0.601. The number of hydrogen-bond donors (Lipinski definition) is 2. The van der Waals surface area contributed by atoms with Gasteiger partial charge in [0.1, 0.15) is 12.4 Å². The number of carbonyl (C=O) groups is 1. The summed E-state index contributed by atoms with van der Waals surface area (Å²) in [6.07, 6.45) is 1.06. The zero-order valence-electron chi connectivity index (χ0n) is 16.4. The van der Waals surface area contributed by atoms with Gasteiger partial charge in [0, 0.05) is 26.7 Å². The van der Waals surface area contributed by atoms with E-state index in [1.807, 2.05) is 30.1 Å². The second kappa shape index (κ2) is 9.27. The minimum Gasteiger partial charge on any atom is -0.392 e. The average molecular weight is 388 g/mol. The predicted molar refractivity (Wildman–Crippen MR) is 106 cm³/mol. The van der Waals surface area contributed by atoms with Crippen LogP contribution in [0.15, 0.2) is 29.1 Å². The summed E-state index contributed by atoms with van der Waals surface area (Å²) < 4.78 is 4.90. The molecule has 1 aliphatic rings. The first-order chi connectivity index (χ1) is 13.5. The number of carbonyl (C=O) groups excluding carboxylic acids is 1. The van der Waals surface area contributed by atoms with E-state index in [0.29, 0.717) is 42.9 Å². The van der Waals surface area contributed by atoms with E-state index >= 15 is 0 Å². The Morgan fingerprint density at radius 1 is 1.39 bits per heavy atom. The normalized spacial score (nSPS) is 16.6. The number of para-hydroxylation sites is 1. The maximum atomic E-state index is 12.2. The van der Waals surface area contributed by atoms with Gasteiger partial charge in [-0.2, -0.15) is 0 Å². The molecule has 1 aromatic carbocycles. The van der Waals surface area contributed by atoms with Crippen LogP contribution in [0.25, 0.3) is 10.9 Å². The lowest BCUT2D eigenvalue weighted by atomic mass is 9.91. The van der Waals surface area contributed by atoms with Crippen molar-refractivity contribution in [3.05, 3.63) is 40.4 Å². The lowest BCUT2D eigenvalue weighted by Crippen LogP contribution is -2.44. The van der Waals surface area contributed by atoms with Crippen molar-refractivity contribution in [2.45, 2.75) is 25.5 Å². The van der Waals surface area contributed by atoms with Crippen LogP contribution in [0.5, 0.6) is 0 Å². The quantitative estimate of drug-likeness (QED) is 0.721. The molecule has 8 nitrogen and oxygen atoms in total. The number of aromatic amines is 1. The summed E-state index contributed by atoms with van der Waals surface area (Å²) in [5.74, 6) is 0.731. The molecule has 1 amide bonds. The molecule has 1 aromatic heterocycles. The van der Waals surface area contributed by atoms with Crippen LogP contribution in [0.2, 0.25) is 0 Å². The van der Waals surface area contributed by atoms with E-state index in [0.717, 1.165) is 12.8 Å². The van der Waals surface area contributed by atoms with Crippen LogP contribution in [0.4, 0.5) is 0 Å². The number of fused-ring (bicyclic) bond motifs is 1. The highest BCUT2D eigenvalue weighted by atomic mass is 16.5. The van der Waals surface area contributed by atoms with E-state index in [1.165, 1.54) is 7.11 Å². The Morgan fingerprint density at radius 2 is 2.11 bits per heavy atom. The zero-order valence-corrected chi connectivity index (χ0v) is 16.4. The number of H-pyrrole nitrogens is 1. The number of likely N-dealkylation sites (N-methyl/N-ethyl adjacent to an activating group) is 1. The molecular formula is C20H28N4O4. The Morgan fingerprint density at radius 3 is 2.82 bits per heavy atom. The van der Waals surface area contributed by atoms with E-state index in [4.69, 9.17) is 4.74 Å². The van der Waals surface area contributed by atoms with Crippen LogP contribution in [0.1, 0.15) is 18.7 Å². The number of aliphatic hydroxyl groups is 1. The monoisotopic (exact) mass is 388 g/mol. The fourth-order valence-electron chi connectivity index (χ4n) is 3.75. The molecule has 1 unspecified atom stereocenters. The summed E-state index contributed by atoms with van der Waals surface area (Å²) in [4.78, 5) is 35.1. The lowest BCUT2D eigenvalue weighted by molar-refractivity contribution is -0.137. The molecule has 2 aromatic rings. The molecule has 0 saturated carbocycles. The number of nitrogens with zero attached hydrogens (tertiary/aromatic N) is 3. The standard InChI is InChI=1S/C20H28N4O4/c1-23(12-18-21-16-6-4-3-5-15(16)20(27)22-18)11-17(25)14-7-9-24(10-8-14)19(26)13-28-2/h3-6,14,17,25H,7-13H2,1-2H3,(H,21,22,27). The van der Waals surface area contributed by atoms with Gasteiger partial charge >= 0.3 is 0 Å². The van der Waals surface area contributed by atoms with Gasteiger partial charge < -0.3 is 19.7 Å². The van der Waals surface area contributed by atoms with Crippen LogP contribution < -0.4 is 5.56 Å². The van der Waals surface area contributed by atoms with Gasteiger partial charge in [0.25, 0.3) is 5.56 Å². The van der Waals surface area contributed by atoms with Crippen molar-refractivity contribution in [2.75, 3.05) is 40.4 Å². The molecule has 0 radical (unpaired) electrons. The van der Waals surface area contributed by atoms with Crippen LogP contribution >= 0.6 is 0 Å². The largest absolute Gasteiger partial charge is 0.392 e. The molecule has 2 N–H and O–H groups in total. The van der Waals surface area contributed by atoms with Gasteiger partial charge in [-0.25, -0.2) is 4.98 Å². The van der Waals surface area contributed by atoms with Crippen molar-refractivity contribution < 1.29 is 14.6 Å². The fraction of sp³-hybridized carbons (Fsp3) is 0.550. The van der Waals surface area contributed by atoms with Gasteiger partial charge in [0.05, 0.1) is 23.6 Å². The molecule has 0 bridgehead atoms. The number of aromatic nitrogens is 2. The number of piperidine rings is 1. The zero-order chi connectivity index (χ0) is 20.1. The molecule has 152 valence electrons. The van der Waals surface area contributed by atoms with Crippen molar-refractivity contribution in [1.29, 1.82) is 0 Å². The first-order valence-electron chi connectivity index (χ1n) is 9.59. The smallest absolute Gasteiger partial charge is 0.258 e. The van der Waals surface area contributed by atoms with Gasteiger partial charge in [-0.1, -0.05) is 12.1 Å². The fourth-order valence-corrected chi connectivity index (χ4v) is 3.75. The third kappa shape index (κ3) is 4.95. The lowest BCUT2D eigenvalue weighted by Gasteiger charge is -2.35. The maximum absolute atomic E-state index is 12.2. The Kier molecular flexibility index (Phi) is 6.77. The van der Waals surface area contributed by atoms with E-state index in [1.54, 1.807) is 11.0 Å². The number of methoxy groups -OCH3 is 1. The van der Waals surface area contributed by atoms with Gasteiger partial charge in [0.15, 0.2) is 0 Å². The van der Waals surface area contributed by atoms with E-state index in [-0.39, 0.29) is 24.0 Å². The summed E-state index contributed by atoms with van der Waals surface area (Å²) in [6.45, 7) is 2.32.